The predicted molar refractivity (Wildman–Crippen MR) is 250 cm³/mol. The molecule has 0 N–H and O–H groups in total. The minimum absolute atomic E-state index is 1.15. The second-order valence-corrected chi connectivity index (χ2v) is 15.7. The summed E-state index contributed by atoms with van der Waals surface area (Å²) in [6.07, 6.45) is 0. The molecule has 0 amide bonds. The standard InChI is InChI=1S/C56H35N3/c1-2-15-39(16-3-1)57-50-23-11-8-20-44(50)47-32-36(26-29-53(47)57)37-27-30-54-48(33-37)45-21-9-12-24-51(45)58(54)40-28-31-55-49(35-40)46-22-10-13-25-52(46)59(55)56-34-38-14-4-5-17-41(38)42-18-6-7-19-43(42)56/h1-35H. The minimum atomic E-state index is 1.15. The Hall–Kier alpha value is -7.88. The van der Waals surface area contributed by atoms with Gasteiger partial charge in [0.05, 0.1) is 38.8 Å². The summed E-state index contributed by atoms with van der Waals surface area (Å²) in [6.45, 7) is 0. The molecule has 0 aliphatic rings. The quantitative estimate of drug-likeness (QED) is 0.159. The maximum Gasteiger partial charge on any atom is 0.0546 e. The molecule has 59 heavy (non-hydrogen) atoms. The Kier molecular flexibility index (Phi) is 6.72. The topological polar surface area (TPSA) is 14.8 Å². The van der Waals surface area contributed by atoms with E-state index in [1.165, 1.54) is 109 Å². The number of rotatable bonds is 4. The normalized spacial score (nSPS) is 12.1. The lowest BCUT2D eigenvalue weighted by Crippen LogP contribution is -1.97. The lowest BCUT2D eigenvalue weighted by molar-refractivity contribution is 1.17. The zero-order valence-corrected chi connectivity index (χ0v) is 32.0. The van der Waals surface area contributed by atoms with Crippen molar-refractivity contribution in [3.63, 3.8) is 0 Å². The van der Waals surface area contributed by atoms with Crippen molar-refractivity contribution in [1.82, 2.24) is 13.7 Å². The van der Waals surface area contributed by atoms with Crippen LogP contribution >= 0.6 is 0 Å². The van der Waals surface area contributed by atoms with Crippen LogP contribution in [0.15, 0.2) is 212 Å². The highest BCUT2D eigenvalue weighted by Crippen LogP contribution is 2.41. The fourth-order valence-electron chi connectivity index (χ4n) is 10.0. The molecule has 0 bridgehead atoms. The first kappa shape index (κ1) is 32.2. The monoisotopic (exact) mass is 749 g/mol. The van der Waals surface area contributed by atoms with Crippen LogP contribution in [0.2, 0.25) is 0 Å². The maximum absolute atomic E-state index is 2.47. The van der Waals surface area contributed by atoms with Crippen LogP contribution in [0.5, 0.6) is 0 Å². The molecule has 13 rings (SSSR count). The minimum Gasteiger partial charge on any atom is -0.309 e. The molecule has 0 atom stereocenters. The highest BCUT2D eigenvalue weighted by atomic mass is 15.0. The van der Waals surface area contributed by atoms with Crippen LogP contribution in [0, 0.1) is 0 Å². The Morgan fingerprint density at radius 3 is 1.27 bits per heavy atom. The Balaban J connectivity index is 0.999. The number of benzene rings is 10. The Morgan fingerprint density at radius 2 is 0.644 bits per heavy atom. The van der Waals surface area contributed by atoms with Gasteiger partial charge >= 0.3 is 0 Å². The fourth-order valence-corrected chi connectivity index (χ4v) is 10.0. The highest BCUT2D eigenvalue weighted by molar-refractivity contribution is 6.17. The van der Waals surface area contributed by atoms with Gasteiger partial charge in [-0.1, -0.05) is 133 Å². The summed E-state index contributed by atoms with van der Waals surface area (Å²) < 4.78 is 7.29. The van der Waals surface area contributed by atoms with Crippen LogP contribution in [-0.2, 0) is 0 Å². The van der Waals surface area contributed by atoms with E-state index in [4.69, 9.17) is 0 Å². The molecular weight excluding hydrogens is 715 g/mol. The lowest BCUT2D eigenvalue weighted by Gasteiger charge is -2.14. The fraction of sp³-hybridized carbons (Fsp3) is 0. The summed E-state index contributed by atoms with van der Waals surface area (Å²) in [4.78, 5) is 0. The van der Waals surface area contributed by atoms with Gasteiger partial charge in [0.25, 0.3) is 0 Å². The molecule has 10 aromatic carbocycles. The van der Waals surface area contributed by atoms with Crippen molar-refractivity contribution >= 4 is 87.0 Å². The SMILES string of the molecule is c1ccc(-n2c3ccccc3c3cc(-c4ccc5c(c4)c4ccccc4n5-c4ccc5c(c4)c4ccccc4n5-c4cc5ccccc5c5ccccc45)ccc32)cc1. The van der Waals surface area contributed by atoms with Gasteiger partial charge in [0, 0.05) is 49.1 Å². The van der Waals surface area contributed by atoms with Gasteiger partial charge in [0.2, 0.25) is 0 Å². The van der Waals surface area contributed by atoms with E-state index in [0.717, 1.165) is 5.69 Å². The predicted octanol–water partition coefficient (Wildman–Crippen LogP) is 15.0. The smallest absolute Gasteiger partial charge is 0.0546 e. The second kappa shape index (κ2) is 12.3. The third kappa shape index (κ3) is 4.64. The molecule has 3 heteroatoms. The van der Waals surface area contributed by atoms with E-state index in [9.17, 15) is 0 Å². The third-order valence-electron chi connectivity index (χ3n) is 12.6. The van der Waals surface area contributed by atoms with E-state index in [0.29, 0.717) is 0 Å². The molecule has 3 heterocycles. The second-order valence-electron chi connectivity index (χ2n) is 15.7. The van der Waals surface area contributed by atoms with Crippen molar-refractivity contribution in [3.8, 4) is 28.2 Å². The average Bonchev–Trinajstić information content (AvgIpc) is 3.94. The number of fused-ring (bicyclic) bond motifs is 12. The molecule has 0 fully saturated rings. The van der Waals surface area contributed by atoms with Crippen LogP contribution in [0.25, 0.3) is 115 Å². The molecule has 274 valence electrons. The van der Waals surface area contributed by atoms with Crippen molar-refractivity contribution in [3.05, 3.63) is 212 Å². The summed E-state index contributed by atoms with van der Waals surface area (Å²) in [5.41, 5.74) is 13.2. The number of nitrogens with zero attached hydrogens (tertiary/aromatic N) is 3. The van der Waals surface area contributed by atoms with Crippen molar-refractivity contribution in [2.45, 2.75) is 0 Å². The summed E-state index contributed by atoms with van der Waals surface area (Å²) in [5.74, 6) is 0. The van der Waals surface area contributed by atoms with E-state index in [-0.39, 0.29) is 0 Å². The first-order valence-electron chi connectivity index (χ1n) is 20.4. The summed E-state index contributed by atoms with van der Waals surface area (Å²) in [5, 5.41) is 12.5. The molecule has 13 aromatic rings. The summed E-state index contributed by atoms with van der Waals surface area (Å²) in [7, 11) is 0. The zero-order chi connectivity index (χ0) is 38.6. The van der Waals surface area contributed by atoms with E-state index in [1.807, 2.05) is 0 Å². The Morgan fingerprint density at radius 1 is 0.220 bits per heavy atom. The van der Waals surface area contributed by atoms with Gasteiger partial charge < -0.3 is 13.7 Å². The van der Waals surface area contributed by atoms with Crippen molar-refractivity contribution in [1.29, 1.82) is 0 Å². The van der Waals surface area contributed by atoms with Gasteiger partial charge in [0.15, 0.2) is 0 Å². The van der Waals surface area contributed by atoms with Crippen LogP contribution < -0.4 is 0 Å². The van der Waals surface area contributed by atoms with E-state index >= 15 is 0 Å². The van der Waals surface area contributed by atoms with Gasteiger partial charge in [-0.3, -0.25) is 0 Å². The number of hydrogen-bond donors (Lipinski definition) is 0. The zero-order valence-electron chi connectivity index (χ0n) is 32.0. The van der Waals surface area contributed by atoms with Crippen LogP contribution in [0.4, 0.5) is 0 Å². The molecule has 0 unspecified atom stereocenters. The van der Waals surface area contributed by atoms with E-state index in [2.05, 4.69) is 226 Å². The first-order chi connectivity index (χ1) is 29.3. The van der Waals surface area contributed by atoms with Crippen LogP contribution in [0.3, 0.4) is 0 Å². The third-order valence-corrected chi connectivity index (χ3v) is 12.6. The summed E-state index contributed by atoms with van der Waals surface area (Å²) in [6, 6.07) is 78.0. The largest absolute Gasteiger partial charge is 0.309 e. The number of aromatic nitrogens is 3. The molecule has 0 aliphatic carbocycles. The van der Waals surface area contributed by atoms with Gasteiger partial charge in [-0.2, -0.15) is 0 Å². The van der Waals surface area contributed by atoms with E-state index in [1.54, 1.807) is 0 Å². The Bertz CT molecular complexity index is 3840. The molecule has 3 aromatic heterocycles. The van der Waals surface area contributed by atoms with Gasteiger partial charge in [0.1, 0.15) is 0 Å². The van der Waals surface area contributed by atoms with Crippen LogP contribution in [-0.4, -0.2) is 13.7 Å². The molecule has 0 saturated heterocycles. The van der Waals surface area contributed by atoms with Crippen LogP contribution in [0.1, 0.15) is 0 Å². The molecular formula is C56H35N3. The maximum atomic E-state index is 2.47. The van der Waals surface area contributed by atoms with Gasteiger partial charge in [-0.15, -0.1) is 0 Å². The highest BCUT2D eigenvalue weighted by Gasteiger charge is 2.19. The lowest BCUT2D eigenvalue weighted by atomic mass is 10.00. The first-order valence-corrected chi connectivity index (χ1v) is 20.4. The van der Waals surface area contributed by atoms with Crippen molar-refractivity contribution in [2.75, 3.05) is 0 Å². The molecule has 0 radical (unpaired) electrons. The van der Waals surface area contributed by atoms with Gasteiger partial charge in [-0.25, -0.2) is 0 Å². The molecule has 0 spiro atoms. The average molecular weight is 750 g/mol. The Labute approximate surface area is 339 Å². The summed E-state index contributed by atoms with van der Waals surface area (Å²) >= 11 is 0. The molecule has 0 saturated carbocycles. The van der Waals surface area contributed by atoms with E-state index < -0.39 is 0 Å². The molecule has 3 nitrogen and oxygen atoms in total. The molecule has 0 aliphatic heterocycles. The van der Waals surface area contributed by atoms with Crippen molar-refractivity contribution in [2.24, 2.45) is 0 Å². The van der Waals surface area contributed by atoms with Crippen molar-refractivity contribution < 1.29 is 0 Å². The van der Waals surface area contributed by atoms with Gasteiger partial charge in [-0.05, 0) is 106 Å². The number of hydrogen-bond acceptors (Lipinski definition) is 0. The number of para-hydroxylation sites is 4.